The van der Waals surface area contributed by atoms with Crippen molar-refractivity contribution in [2.75, 3.05) is 10.6 Å². The van der Waals surface area contributed by atoms with Gasteiger partial charge in [0.05, 0.1) is 0 Å². The molecule has 0 aliphatic rings. The van der Waals surface area contributed by atoms with Crippen molar-refractivity contribution in [3.05, 3.63) is 54.1 Å². The minimum absolute atomic E-state index is 0.0644. The third kappa shape index (κ3) is 5.35. The quantitative estimate of drug-likeness (QED) is 0.796. The molecule has 0 aromatic heterocycles. The van der Waals surface area contributed by atoms with E-state index in [9.17, 15) is 9.59 Å². The molecule has 132 valence electrons. The van der Waals surface area contributed by atoms with Gasteiger partial charge in [-0.25, -0.2) is 0 Å². The third-order valence-electron chi connectivity index (χ3n) is 3.79. The number of benzene rings is 2. The number of ether oxygens (including phenoxy) is 1. The lowest BCUT2D eigenvalue weighted by atomic mass is 10.1. The molecule has 0 spiro atoms. The second-order valence-electron chi connectivity index (χ2n) is 5.75. The van der Waals surface area contributed by atoms with E-state index >= 15 is 0 Å². The molecule has 0 radical (unpaired) electrons. The van der Waals surface area contributed by atoms with Gasteiger partial charge >= 0.3 is 0 Å². The standard InChI is InChI=1S/C20H24N2O3/c1-4-18(25-16-9-7-6-8-10-16)20(24)21-15-12-11-14(3)17(13-15)22-19(23)5-2/h6-13,18H,4-5H2,1-3H3,(H,21,24)(H,22,23). The predicted molar refractivity (Wildman–Crippen MR) is 99.9 cm³/mol. The van der Waals surface area contributed by atoms with Crippen LogP contribution in [0.4, 0.5) is 11.4 Å². The van der Waals surface area contributed by atoms with Crippen LogP contribution < -0.4 is 15.4 Å². The van der Waals surface area contributed by atoms with E-state index in [-0.39, 0.29) is 11.8 Å². The number of aryl methyl sites for hydroxylation is 1. The van der Waals surface area contributed by atoms with Crippen LogP contribution in [0, 0.1) is 6.92 Å². The second kappa shape index (κ2) is 8.87. The van der Waals surface area contributed by atoms with Crippen molar-refractivity contribution >= 4 is 23.2 Å². The van der Waals surface area contributed by atoms with Crippen molar-refractivity contribution in [2.45, 2.75) is 39.7 Å². The number of anilines is 2. The fourth-order valence-corrected chi connectivity index (χ4v) is 2.28. The van der Waals surface area contributed by atoms with Crippen LogP contribution in [0.15, 0.2) is 48.5 Å². The van der Waals surface area contributed by atoms with Crippen LogP contribution in [-0.2, 0) is 9.59 Å². The molecule has 2 aromatic carbocycles. The van der Waals surface area contributed by atoms with Crippen molar-refractivity contribution in [2.24, 2.45) is 0 Å². The molecule has 1 atom stereocenters. The Morgan fingerprint density at radius 1 is 1.04 bits per heavy atom. The zero-order valence-electron chi connectivity index (χ0n) is 14.8. The molecule has 1 unspecified atom stereocenters. The molecule has 0 aliphatic heterocycles. The molecule has 2 rings (SSSR count). The molecular weight excluding hydrogens is 316 g/mol. The molecule has 2 aromatic rings. The summed E-state index contributed by atoms with van der Waals surface area (Å²) in [4.78, 5) is 24.1. The van der Waals surface area contributed by atoms with E-state index in [0.717, 1.165) is 5.56 Å². The van der Waals surface area contributed by atoms with Crippen LogP contribution in [0.25, 0.3) is 0 Å². The van der Waals surface area contributed by atoms with Gasteiger partial charge in [-0.15, -0.1) is 0 Å². The number of rotatable bonds is 7. The zero-order valence-corrected chi connectivity index (χ0v) is 14.8. The highest BCUT2D eigenvalue weighted by atomic mass is 16.5. The Labute approximate surface area is 148 Å². The van der Waals surface area contributed by atoms with Gasteiger partial charge in [0.1, 0.15) is 5.75 Å². The van der Waals surface area contributed by atoms with E-state index in [2.05, 4.69) is 10.6 Å². The fourth-order valence-electron chi connectivity index (χ4n) is 2.28. The smallest absolute Gasteiger partial charge is 0.265 e. The van der Waals surface area contributed by atoms with E-state index in [1.165, 1.54) is 0 Å². The van der Waals surface area contributed by atoms with Crippen molar-refractivity contribution in [3.8, 4) is 5.75 Å². The maximum absolute atomic E-state index is 12.5. The average Bonchev–Trinajstić information content (AvgIpc) is 2.63. The first-order valence-electron chi connectivity index (χ1n) is 8.46. The van der Waals surface area contributed by atoms with Gasteiger partial charge in [-0.2, -0.15) is 0 Å². The van der Waals surface area contributed by atoms with E-state index in [1.807, 2.05) is 56.3 Å². The predicted octanol–water partition coefficient (Wildman–Crippen LogP) is 4.14. The minimum Gasteiger partial charge on any atom is -0.481 e. The largest absolute Gasteiger partial charge is 0.481 e. The molecule has 25 heavy (non-hydrogen) atoms. The van der Waals surface area contributed by atoms with E-state index in [1.54, 1.807) is 13.0 Å². The summed E-state index contributed by atoms with van der Waals surface area (Å²) < 4.78 is 5.75. The fraction of sp³-hybridized carbons (Fsp3) is 0.300. The number of amides is 2. The average molecular weight is 340 g/mol. The third-order valence-corrected chi connectivity index (χ3v) is 3.79. The van der Waals surface area contributed by atoms with Crippen LogP contribution in [-0.4, -0.2) is 17.9 Å². The molecule has 0 aliphatic carbocycles. The highest BCUT2D eigenvalue weighted by Gasteiger charge is 2.19. The maximum atomic E-state index is 12.5. The first-order valence-corrected chi connectivity index (χ1v) is 8.46. The van der Waals surface area contributed by atoms with Gasteiger partial charge in [-0.1, -0.05) is 38.1 Å². The van der Waals surface area contributed by atoms with E-state index in [0.29, 0.717) is 30.0 Å². The lowest BCUT2D eigenvalue weighted by molar-refractivity contribution is -0.122. The molecule has 5 heteroatoms. The highest BCUT2D eigenvalue weighted by molar-refractivity contribution is 5.96. The summed E-state index contributed by atoms with van der Waals surface area (Å²) in [5.41, 5.74) is 2.26. The lowest BCUT2D eigenvalue weighted by Crippen LogP contribution is -2.32. The summed E-state index contributed by atoms with van der Waals surface area (Å²) in [6.45, 7) is 5.60. The van der Waals surface area contributed by atoms with Crippen LogP contribution in [0.3, 0.4) is 0 Å². The Morgan fingerprint density at radius 2 is 1.76 bits per heavy atom. The van der Waals surface area contributed by atoms with Gasteiger partial charge in [0, 0.05) is 17.8 Å². The number of carbonyl (C=O) groups is 2. The Balaban J connectivity index is 2.08. The Morgan fingerprint density at radius 3 is 2.40 bits per heavy atom. The molecule has 0 saturated carbocycles. The number of para-hydroxylation sites is 1. The molecule has 5 nitrogen and oxygen atoms in total. The van der Waals surface area contributed by atoms with Gasteiger partial charge < -0.3 is 15.4 Å². The zero-order chi connectivity index (χ0) is 18.2. The first kappa shape index (κ1) is 18.5. The van der Waals surface area contributed by atoms with Gasteiger partial charge in [0.15, 0.2) is 6.10 Å². The SMILES string of the molecule is CCC(=O)Nc1cc(NC(=O)C(CC)Oc2ccccc2)ccc1C. The van der Waals surface area contributed by atoms with Gasteiger partial charge in [0.2, 0.25) is 5.91 Å². The van der Waals surface area contributed by atoms with E-state index in [4.69, 9.17) is 4.74 Å². The second-order valence-corrected chi connectivity index (χ2v) is 5.75. The van der Waals surface area contributed by atoms with Crippen LogP contribution in [0.2, 0.25) is 0 Å². The summed E-state index contributed by atoms with van der Waals surface area (Å²) in [6.07, 6.45) is 0.364. The molecule has 0 saturated heterocycles. The van der Waals surface area contributed by atoms with Gasteiger partial charge in [-0.05, 0) is 43.2 Å². The minimum atomic E-state index is -0.586. The molecule has 2 N–H and O–H groups in total. The van der Waals surface area contributed by atoms with Crippen molar-refractivity contribution in [1.29, 1.82) is 0 Å². The Kier molecular flexibility index (Phi) is 6.57. The number of nitrogens with one attached hydrogen (secondary N) is 2. The summed E-state index contributed by atoms with van der Waals surface area (Å²) in [7, 11) is 0. The first-order chi connectivity index (χ1) is 12.0. The Hall–Kier alpha value is -2.82. The molecular formula is C20H24N2O3. The maximum Gasteiger partial charge on any atom is 0.265 e. The normalized spacial score (nSPS) is 11.5. The number of hydrogen-bond donors (Lipinski definition) is 2. The Bertz CT molecular complexity index is 729. The van der Waals surface area contributed by atoms with Crippen molar-refractivity contribution in [1.82, 2.24) is 0 Å². The summed E-state index contributed by atoms with van der Waals surface area (Å²) >= 11 is 0. The summed E-state index contributed by atoms with van der Waals surface area (Å²) in [6, 6.07) is 14.7. The van der Waals surface area contributed by atoms with E-state index < -0.39 is 6.10 Å². The van der Waals surface area contributed by atoms with Crippen molar-refractivity contribution < 1.29 is 14.3 Å². The number of hydrogen-bond acceptors (Lipinski definition) is 3. The number of carbonyl (C=O) groups excluding carboxylic acids is 2. The lowest BCUT2D eigenvalue weighted by Gasteiger charge is -2.18. The molecule has 2 amide bonds. The monoisotopic (exact) mass is 340 g/mol. The molecule has 0 fully saturated rings. The van der Waals surface area contributed by atoms with Crippen LogP contribution in [0.1, 0.15) is 32.3 Å². The molecule has 0 bridgehead atoms. The van der Waals surface area contributed by atoms with Crippen molar-refractivity contribution in [3.63, 3.8) is 0 Å². The summed E-state index contributed by atoms with van der Waals surface area (Å²) in [5.74, 6) is 0.373. The van der Waals surface area contributed by atoms with Crippen LogP contribution in [0.5, 0.6) is 5.75 Å². The topological polar surface area (TPSA) is 67.4 Å². The van der Waals surface area contributed by atoms with Gasteiger partial charge in [-0.3, -0.25) is 9.59 Å². The van der Waals surface area contributed by atoms with Crippen LogP contribution >= 0.6 is 0 Å². The highest BCUT2D eigenvalue weighted by Crippen LogP contribution is 2.21. The molecule has 0 heterocycles. The van der Waals surface area contributed by atoms with Gasteiger partial charge in [0.25, 0.3) is 5.91 Å². The summed E-state index contributed by atoms with van der Waals surface area (Å²) in [5, 5.41) is 5.69.